The third kappa shape index (κ3) is 3.97. The van der Waals surface area contributed by atoms with Crippen LogP contribution in [-0.4, -0.2) is 28.7 Å². The molecule has 0 radical (unpaired) electrons. The van der Waals surface area contributed by atoms with E-state index >= 15 is 0 Å². The van der Waals surface area contributed by atoms with Gasteiger partial charge in [0.1, 0.15) is 5.36 Å². The van der Waals surface area contributed by atoms with Crippen LogP contribution in [0.25, 0.3) is 12.2 Å². The summed E-state index contributed by atoms with van der Waals surface area (Å²) in [6, 6.07) is 6.12. The number of aryl methyl sites for hydroxylation is 1. The van der Waals surface area contributed by atoms with Crippen LogP contribution in [0.3, 0.4) is 0 Å². The number of hydrogen-bond donors (Lipinski definition) is 1. The highest BCUT2D eigenvalue weighted by Gasteiger charge is 2.17. The molecule has 0 bridgehead atoms. The first-order valence-electron chi connectivity index (χ1n) is 10.2. The lowest BCUT2D eigenvalue weighted by Gasteiger charge is -2.13. The third-order valence-electron chi connectivity index (χ3n) is 5.21. The molecule has 0 unspecified atom stereocenters. The summed E-state index contributed by atoms with van der Waals surface area (Å²) in [6.07, 6.45) is 2.74. The van der Waals surface area contributed by atoms with Crippen LogP contribution >= 0.6 is 0 Å². The van der Waals surface area contributed by atoms with Crippen LogP contribution in [0.5, 0.6) is 0 Å². The highest BCUT2D eigenvalue weighted by Crippen LogP contribution is 2.23. The van der Waals surface area contributed by atoms with E-state index in [1.165, 1.54) is 4.52 Å². The zero-order valence-electron chi connectivity index (χ0n) is 18.3. The average Bonchev–Trinajstić information content (AvgIpc) is 2.98. The van der Waals surface area contributed by atoms with Crippen molar-refractivity contribution in [3.8, 4) is 0 Å². The molecule has 0 saturated carbocycles. The summed E-state index contributed by atoms with van der Waals surface area (Å²) in [4.78, 5) is 24.9. The number of nitrogens with one attached hydrogen (secondary N) is 1. The van der Waals surface area contributed by atoms with Gasteiger partial charge >= 0.3 is 0 Å². The number of unbranched alkanes of at least 4 members (excludes halogenated alkanes) is 1. The number of rotatable bonds is 6. The smallest absolute Gasteiger partial charge is 0.276 e. The Kier molecular flexibility index (Phi) is 5.91. The average molecular weight is 394 g/mol. The van der Waals surface area contributed by atoms with E-state index in [0.29, 0.717) is 16.4 Å². The maximum Gasteiger partial charge on any atom is 0.276 e. The lowest BCUT2D eigenvalue weighted by molar-refractivity contribution is 0.719. The standard InChI is InChI=1S/C23H31N5O/c1-8-9-10-18-20(14(2)3)25-22-21(16(5)26-28(22)23(18)29)24-19-12-11-17(27(6)7)13-15(19)4/h11-14,26H,5,8-10H2,1-4,6-7H3. The molecule has 3 aromatic rings. The van der Waals surface area contributed by atoms with Crippen molar-refractivity contribution in [2.24, 2.45) is 4.99 Å². The molecule has 0 fully saturated rings. The van der Waals surface area contributed by atoms with Gasteiger partial charge in [0.2, 0.25) is 0 Å². The molecule has 1 aromatic carbocycles. The molecule has 0 aliphatic carbocycles. The van der Waals surface area contributed by atoms with E-state index in [1.807, 2.05) is 33.2 Å². The summed E-state index contributed by atoms with van der Waals surface area (Å²) in [7, 11) is 4.03. The summed E-state index contributed by atoms with van der Waals surface area (Å²) < 4.78 is 1.50. The van der Waals surface area contributed by atoms with E-state index < -0.39 is 0 Å². The Hall–Kier alpha value is -2.89. The highest BCUT2D eigenvalue weighted by molar-refractivity contribution is 5.57. The number of fused-ring (bicyclic) bond motifs is 1. The van der Waals surface area contributed by atoms with Crippen LogP contribution in [-0.2, 0) is 6.42 Å². The molecule has 0 amide bonds. The number of nitrogens with zero attached hydrogens (tertiary/aromatic N) is 4. The van der Waals surface area contributed by atoms with E-state index in [4.69, 9.17) is 9.98 Å². The molecule has 2 heterocycles. The number of aromatic amines is 1. The molecule has 6 heteroatoms. The lowest BCUT2D eigenvalue weighted by Crippen LogP contribution is -2.25. The highest BCUT2D eigenvalue weighted by atomic mass is 16.1. The predicted molar refractivity (Wildman–Crippen MR) is 120 cm³/mol. The third-order valence-corrected chi connectivity index (χ3v) is 5.21. The maximum absolute atomic E-state index is 13.2. The van der Waals surface area contributed by atoms with Crippen molar-refractivity contribution in [3.05, 3.63) is 56.1 Å². The van der Waals surface area contributed by atoms with Gasteiger partial charge in [-0.1, -0.05) is 33.8 Å². The van der Waals surface area contributed by atoms with Gasteiger partial charge in [-0.25, -0.2) is 9.98 Å². The van der Waals surface area contributed by atoms with Crippen LogP contribution < -0.4 is 21.2 Å². The fourth-order valence-electron chi connectivity index (χ4n) is 3.51. The first-order chi connectivity index (χ1) is 13.7. The molecule has 0 saturated heterocycles. The summed E-state index contributed by atoms with van der Waals surface area (Å²) in [5.74, 6) is 0.164. The van der Waals surface area contributed by atoms with E-state index in [1.54, 1.807) is 0 Å². The summed E-state index contributed by atoms with van der Waals surface area (Å²) in [5, 5.41) is 4.28. The van der Waals surface area contributed by atoms with Gasteiger partial charge in [0.25, 0.3) is 5.56 Å². The van der Waals surface area contributed by atoms with Crippen LogP contribution in [0.4, 0.5) is 11.4 Å². The fourth-order valence-corrected chi connectivity index (χ4v) is 3.51. The number of hydrogen-bond acceptors (Lipinski definition) is 4. The maximum atomic E-state index is 13.2. The van der Waals surface area contributed by atoms with E-state index in [2.05, 4.69) is 43.4 Å². The largest absolute Gasteiger partial charge is 0.378 e. The lowest BCUT2D eigenvalue weighted by atomic mass is 10.0. The topological polar surface area (TPSA) is 65.8 Å². The van der Waals surface area contributed by atoms with Crippen molar-refractivity contribution in [3.63, 3.8) is 0 Å². The second-order valence-electron chi connectivity index (χ2n) is 8.11. The minimum Gasteiger partial charge on any atom is -0.378 e. The Bertz CT molecular complexity index is 1200. The molecular formula is C23H31N5O. The van der Waals surface area contributed by atoms with Gasteiger partial charge in [-0.2, -0.15) is 4.52 Å². The second-order valence-corrected chi connectivity index (χ2v) is 8.11. The summed E-state index contributed by atoms with van der Waals surface area (Å²) >= 11 is 0. The van der Waals surface area contributed by atoms with E-state index in [9.17, 15) is 4.79 Å². The molecule has 2 aromatic heterocycles. The second kappa shape index (κ2) is 8.23. The van der Waals surface area contributed by atoms with E-state index in [-0.39, 0.29) is 11.5 Å². The number of aromatic nitrogens is 3. The van der Waals surface area contributed by atoms with Crippen molar-refractivity contribution in [2.45, 2.75) is 52.9 Å². The van der Waals surface area contributed by atoms with E-state index in [0.717, 1.165) is 47.5 Å². The zero-order valence-corrected chi connectivity index (χ0v) is 18.3. The molecule has 6 nitrogen and oxygen atoms in total. The van der Waals surface area contributed by atoms with Crippen molar-refractivity contribution >= 4 is 23.6 Å². The van der Waals surface area contributed by atoms with Gasteiger partial charge in [-0.15, -0.1) is 0 Å². The SMILES string of the molecule is C=c1[nH]n2c(=O)c(CCCC)c(C(C)C)nc2c1=Nc1ccc(N(C)C)cc1C. The molecule has 0 atom stereocenters. The molecule has 3 rings (SSSR count). The Labute approximate surface area is 171 Å². The summed E-state index contributed by atoms with van der Waals surface area (Å²) in [6.45, 7) is 12.4. The molecule has 154 valence electrons. The number of H-pyrrole nitrogens is 1. The Morgan fingerprint density at radius 3 is 2.62 bits per heavy atom. The van der Waals surface area contributed by atoms with Gasteiger partial charge in [-0.05, 0) is 49.4 Å². The van der Waals surface area contributed by atoms with Gasteiger partial charge in [0.15, 0.2) is 5.65 Å². The minimum absolute atomic E-state index is 0.0434. The summed E-state index contributed by atoms with van der Waals surface area (Å²) in [5.41, 5.74) is 5.17. The Morgan fingerprint density at radius 2 is 2.03 bits per heavy atom. The van der Waals surface area contributed by atoms with Gasteiger partial charge in [-0.3, -0.25) is 9.89 Å². The van der Waals surface area contributed by atoms with Crippen molar-refractivity contribution < 1.29 is 0 Å². The van der Waals surface area contributed by atoms with Crippen LogP contribution in [0, 0.1) is 6.92 Å². The van der Waals surface area contributed by atoms with Gasteiger partial charge < -0.3 is 4.90 Å². The van der Waals surface area contributed by atoms with Crippen molar-refractivity contribution in [2.75, 3.05) is 19.0 Å². The molecule has 1 N–H and O–H groups in total. The number of anilines is 1. The minimum atomic E-state index is -0.0434. The quantitative estimate of drug-likeness (QED) is 0.699. The molecule has 0 spiro atoms. The Morgan fingerprint density at radius 1 is 1.31 bits per heavy atom. The van der Waals surface area contributed by atoms with Crippen molar-refractivity contribution in [1.29, 1.82) is 0 Å². The first-order valence-corrected chi connectivity index (χ1v) is 10.2. The predicted octanol–water partition coefficient (Wildman–Crippen LogP) is 3.22. The number of benzene rings is 1. The van der Waals surface area contributed by atoms with Crippen molar-refractivity contribution in [1.82, 2.24) is 14.6 Å². The molecular weight excluding hydrogens is 362 g/mol. The van der Waals surface area contributed by atoms with Crippen LogP contribution in [0.1, 0.15) is 56.4 Å². The Balaban J connectivity index is 2.27. The normalized spacial score (nSPS) is 12.3. The first kappa shape index (κ1) is 20.8. The van der Waals surface area contributed by atoms with Gasteiger partial charge in [0, 0.05) is 25.3 Å². The molecule has 0 aliphatic rings. The van der Waals surface area contributed by atoms with Gasteiger partial charge in [0.05, 0.1) is 16.7 Å². The fraction of sp³-hybridized carbons (Fsp3) is 0.435. The monoisotopic (exact) mass is 393 g/mol. The molecule has 29 heavy (non-hydrogen) atoms. The molecule has 0 aliphatic heterocycles. The van der Waals surface area contributed by atoms with Crippen LogP contribution in [0.2, 0.25) is 0 Å². The zero-order chi connectivity index (χ0) is 21.3. The van der Waals surface area contributed by atoms with Crippen LogP contribution in [0.15, 0.2) is 28.0 Å².